The van der Waals surface area contributed by atoms with Crippen molar-refractivity contribution in [2.75, 3.05) is 0 Å². The summed E-state index contributed by atoms with van der Waals surface area (Å²) in [5.41, 5.74) is 4.48. The molecule has 0 aliphatic carbocycles. The van der Waals surface area contributed by atoms with Gasteiger partial charge in [-0.25, -0.2) is 9.50 Å². The summed E-state index contributed by atoms with van der Waals surface area (Å²) in [5.74, 6) is -0.0194. The number of carbonyl (C=O) groups excluding carboxylic acids is 1. The normalized spacial score (nSPS) is 11.4. The van der Waals surface area contributed by atoms with Crippen LogP contribution in [-0.4, -0.2) is 35.1 Å². The minimum absolute atomic E-state index is 0.0194. The fraction of sp³-hybridized carbons (Fsp3) is 0.136. The van der Waals surface area contributed by atoms with Crippen molar-refractivity contribution in [2.24, 2.45) is 7.05 Å². The molecular formula is C22H18N6O2. The first kappa shape index (κ1) is 18.0. The van der Waals surface area contributed by atoms with E-state index in [4.69, 9.17) is 4.98 Å². The number of carbonyl (C=O) groups is 1. The first-order valence-corrected chi connectivity index (χ1v) is 9.49. The highest BCUT2D eigenvalue weighted by atomic mass is 16.1. The number of aromatic nitrogens is 6. The van der Waals surface area contributed by atoms with Gasteiger partial charge in [0.25, 0.3) is 5.56 Å². The van der Waals surface area contributed by atoms with Crippen molar-refractivity contribution in [3.05, 3.63) is 70.9 Å². The Morgan fingerprint density at radius 1 is 1.13 bits per heavy atom. The van der Waals surface area contributed by atoms with Crippen molar-refractivity contribution in [2.45, 2.75) is 13.3 Å². The highest BCUT2D eigenvalue weighted by molar-refractivity contribution is 5.87. The highest BCUT2D eigenvalue weighted by Crippen LogP contribution is 2.28. The smallest absolute Gasteiger partial charge is 0.273 e. The molecule has 0 unspecified atom stereocenters. The van der Waals surface area contributed by atoms with Gasteiger partial charge < -0.3 is 0 Å². The second kappa shape index (κ2) is 6.77. The molecule has 4 heterocycles. The van der Waals surface area contributed by atoms with Gasteiger partial charge in [-0.15, -0.1) is 0 Å². The van der Waals surface area contributed by atoms with Crippen LogP contribution in [0, 0.1) is 0 Å². The Kier molecular flexibility index (Phi) is 4.06. The van der Waals surface area contributed by atoms with E-state index in [2.05, 4.69) is 15.2 Å². The predicted octanol–water partition coefficient (Wildman–Crippen LogP) is 2.77. The second-order valence-corrected chi connectivity index (χ2v) is 7.24. The quantitative estimate of drug-likeness (QED) is 0.502. The van der Waals surface area contributed by atoms with Gasteiger partial charge in [0.2, 0.25) is 0 Å². The second-order valence-electron chi connectivity index (χ2n) is 7.24. The predicted molar refractivity (Wildman–Crippen MR) is 113 cm³/mol. The molecule has 0 saturated carbocycles. The Morgan fingerprint density at radius 3 is 2.77 bits per heavy atom. The number of benzene rings is 1. The molecule has 8 heteroatoms. The standard InChI is InChI=1S/C22H18N6O2/c1-13(29)9-18-21(16-5-3-4-8-23-16)22-25-17(11-20(30)28(22)26-18)14-6-7-19-15(10-14)12-24-27(19)2/h3-8,10-12,26H,9H2,1-2H3. The molecule has 0 saturated heterocycles. The minimum Gasteiger partial charge on any atom is -0.300 e. The maximum atomic E-state index is 12.9. The molecule has 0 aliphatic rings. The van der Waals surface area contributed by atoms with Gasteiger partial charge in [0.15, 0.2) is 5.65 Å². The molecule has 5 rings (SSSR count). The summed E-state index contributed by atoms with van der Waals surface area (Å²) in [4.78, 5) is 33.9. The first-order valence-electron chi connectivity index (χ1n) is 9.49. The highest BCUT2D eigenvalue weighted by Gasteiger charge is 2.19. The lowest BCUT2D eigenvalue weighted by Gasteiger charge is -2.04. The molecular weight excluding hydrogens is 380 g/mol. The van der Waals surface area contributed by atoms with E-state index in [1.54, 1.807) is 17.1 Å². The number of pyridine rings is 1. The molecule has 0 fully saturated rings. The lowest BCUT2D eigenvalue weighted by molar-refractivity contribution is -0.116. The van der Waals surface area contributed by atoms with Crippen LogP contribution in [-0.2, 0) is 18.3 Å². The van der Waals surface area contributed by atoms with Gasteiger partial charge in [0, 0.05) is 36.7 Å². The van der Waals surface area contributed by atoms with Crippen LogP contribution in [0.1, 0.15) is 12.6 Å². The Balaban J connectivity index is 1.77. The average Bonchev–Trinajstić information content (AvgIpc) is 3.28. The van der Waals surface area contributed by atoms with Crippen molar-refractivity contribution >= 4 is 22.3 Å². The number of rotatable bonds is 4. The number of nitrogens with zero attached hydrogens (tertiary/aromatic N) is 5. The maximum absolute atomic E-state index is 12.9. The minimum atomic E-state index is -0.256. The van der Waals surface area contributed by atoms with E-state index in [1.165, 1.54) is 17.5 Å². The van der Waals surface area contributed by atoms with Crippen LogP contribution in [0.4, 0.5) is 0 Å². The van der Waals surface area contributed by atoms with Crippen LogP contribution in [0.15, 0.2) is 59.7 Å². The van der Waals surface area contributed by atoms with Gasteiger partial charge in [0.1, 0.15) is 5.78 Å². The van der Waals surface area contributed by atoms with E-state index in [-0.39, 0.29) is 17.8 Å². The van der Waals surface area contributed by atoms with Crippen molar-refractivity contribution in [3.8, 4) is 22.5 Å². The Labute approximate surface area is 170 Å². The number of aromatic amines is 1. The van der Waals surface area contributed by atoms with Crippen molar-refractivity contribution in [3.63, 3.8) is 0 Å². The van der Waals surface area contributed by atoms with Crippen molar-refractivity contribution in [1.29, 1.82) is 0 Å². The SMILES string of the molecule is CC(=O)Cc1[nH]n2c(=O)cc(-c3ccc4c(cnn4C)c3)nc2c1-c1ccccn1. The largest absolute Gasteiger partial charge is 0.300 e. The van der Waals surface area contributed by atoms with Crippen LogP contribution >= 0.6 is 0 Å². The number of ketones is 1. The molecule has 0 amide bonds. The van der Waals surface area contributed by atoms with E-state index in [0.717, 1.165) is 16.5 Å². The monoisotopic (exact) mass is 398 g/mol. The van der Waals surface area contributed by atoms with Crippen LogP contribution in [0.2, 0.25) is 0 Å². The summed E-state index contributed by atoms with van der Waals surface area (Å²) in [5, 5.41) is 8.28. The molecule has 1 N–H and O–H groups in total. The van der Waals surface area contributed by atoms with Gasteiger partial charge >= 0.3 is 0 Å². The molecule has 0 atom stereocenters. The maximum Gasteiger partial charge on any atom is 0.273 e. The van der Waals surface area contributed by atoms with Crippen molar-refractivity contribution in [1.82, 2.24) is 29.4 Å². The van der Waals surface area contributed by atoms with Gasteiger partial charge in [-0.05, 0) is 31.2 Å². The summed E-state index contributed by atoms with van der Waals surface area (Å²) in [6, 6.07) is 12.8. The first-order chi connectivity index (χ1) is 14.5. The average molecular weight is 398 g/mol. The summed E-state index contributed by atoms with van der Waals surface area (Å²) in [6.45, 7) is 1.51. The number of aryl methyl sites for hydroxylation is 1. The van der Waals surface area contributed by atoms with Crippen LogP contribution in [0.25, 0.3) is 39.1 Å². The molecule has 0 bridgehead atoms. The third kappa shape index (κ3) is 2.89. The Bertz CT molecular complexity index is 1480. The van der Waals surface area contributed by atoms with E-state index in [9.17, 15) is 9.59 Å². The lowest BCUT2D eigenvalue weighted by Crippen LogP contribution is -2.14. The van der Waals surface area contributed by atoms with E-state index in [0.29, 0.717) is 28.3 Å². The fourth-order valence-electron chi connectivity index (χ4n) is 3.71. The zero-order valence-electron chi connectivity index (χ0n) is 16.5. The van der Waals surface area contributed by atoms with Gasteiger partial charge in [-0.3, -0.25) is 24.4 Å². The summed E-state index contributed by atoms with van der Waals surface area (Å²) >= 11 is 0. The number of nitrogens with one attached hydrogen (secondary N) is 1. The molecule has 148 valence electrons. The number of hydrogen-bond donors (Lipinski definition) is 1. The summed E-state index contributed by atoms with van der Waals surface area (Å²) < 4.78 is 3.17. The number of fused-ring (bicyclic) bond motifs is 2. The third-order valence-corrected chi connectivity index (χ3v) is 5.08. The van der Waals surface area contributed by atoms with Crippen LogP contribution in [0.3, 0.4) is 0 Å². The third-order valence-electron chi connectivity index (χ3n) is 5.08. The van der Waals surface area contributed by atoms with E-state index >= 15 is 0 Å². The number of H-pyrrole nitrogens is 1. The van der Waals surface area contributed by atoms with E-state index in [1.807, 2.05) is 43.4 Å². The molecule has 30 heavy (non-hydrogen) atoms. The molecule has 8 nitrogen and oxygen atoms in total. The summed E-state index contributed by atoms with van der Waals surface area (Å²) in [7, 11) is 1.88. The van der Waals surface area contributed by atoms with Gasteiger partial charge in [-0.1, -0.05) is 12.1 Å². The van der Waals surface area contributed by atoms with Crippen LogP contribution < -0.4 is 5.56 Å². The van der Waals surface area contributed by atoms with Gasteiger partial charge in [-0.2, -0.15) is 5.10 Å². The molecule has 5 aromatic rings. The number of hydrogen-bond acceptors (Lipinski definition) is 5. The molecule has 0 radical (unpaired) electrons. The molecule has 0 spiro atoms. The molecule has 4 aromatic heterocycles. The number of Topliss-reactive ketones (excluding diaryl/α,β-unsaturated/α-hetero) is 1. The van der Waals surface area contributed by atoms with Crippen molar-refractivity contribution < 1.29 is 4.79 Å². The topological polar surface area (TPSA) is 97.9 Å². The van der Waals surface area contributed by atoms with E-state index < -0.39 is 0 Å². The Morgan fingerprint density at radius 2 is 2.00 bits per heavy atom. The Hall–Kier alpha value is -4.07. The van der Waals surface area contributed by atoms with Crippen LogP contribution in [0.5, 0.6) is 0 Å². The summed E-state index contributed by atoms with van der Waals surface area (Å²) in [6.07, 6.45) is 3.62. The lowest BCUT2D eigenvalue weighted by atomic mass is 10.1. The zero-order chi connectivity index (χ0) is 20.8. The molecule has 0 aliphatic heterocycles. The molecule has 1 aromatic carbocycles. The van der Waals surface area contributed by atoms with Gasteiger partial charge in [0.05, 0.1) is 34.4 Å². The zero-order valence-corrected chi connectivity index (χ0v) is 16.5. The fourth-order valence-corrected chi connectivity index (χ4v) is 3.71.